The van der Waals surface area contributed by atoms with Crippen LogP contribution in [0.3, 0.4) is 0 Å². The third-order valence-corrected chi connectivity index (χ3v) is 1.63. The summed E-state index contributed by atoms with van der Waals surface area (Å²) in [5, 5.41) is 2.27. The maximum atomic E-state index is 11.7. The molecule has 0 saturated heterocycles. The molecule has 0 aromatic rings. The Balaban J connectivity index is 3.92. The van der Waals surface area contributed by atoms with Crippen LogP contribution in [0.1, 0.15) is 27.2 Å². The Morgan fingerprint density at radius 2 is 1.60 bits per heavy atom. The first-order valence-corrected chi connectivity index (χ1v) is 4.43. The summed E-state index contributed by atoms with van der Waals surface area (Å²) < 4.78 is 35.2. The predicted octanol–water partition coefficient (Wildman–Crippen LogP) is 1.67. The number of alkyl halides is 3. The Bertz CT molecular complexity index is 227. The molecular weight excluding hydrogens is 211 g/mol. The molecule has 0 aliphatic heterocycles. The molecule has 0 aliphatic rings. The predicted molar refractivity (Wildman–Crippen MR) is 48.1 cm³/mol. The van der Waals surface area contributed by atoms with E-state index in [1.54, 1.807) is 20.8 Å². The first-order valence-electron chi connectivity index (χ1n) is 4.43. The fourth-order valence-electron chi connectivity index (χ4n) is 0.696. The summed E-state index contributed by atoms with van der Waals surface area (Å²) in [6.45, 7) is 4.62. The third kappa shape index (κ3) is 5.39. The molecule has 0 unspecified atom stereocenters. The van der Waals surface area contributed by atoms with Crippen LogP contribution >= 0.6 is 0 Å². The average molecular weight is 225 g/mol. The normalized spacial score (nSPS) is 12.4. The summed E-state index contributed by atoms with van der Waals surface area (Å²) in [7, 11) is 0. The summed E-state index contributed by atoms with van der Waals surface area (Å²) in [4.78, 5) is 21.6. The first kappa shape index (κ1) is 13.9. The lowest BCUT2D eigenvalue weighted by Gasteiger charge is -2.17. The molecule has 0 aromatic carbocycles. The highest BCUT2D eigenvalue weighted by molar-refractivity contribution is 5.85. The van der Waals surface area contributed by atoms with E-state index >= 15 is 0 Å². The fraction of sp³-hybridized carbons (Fsp3) is 0.778. The van der Waals surface area contributed by atoms with Crippen LogP contribution in [0.4, 0.5) is 13.2 Å². The lowest BCUT2D eigenvalue weighted by Crippen LogP contribution is -2.37. The minimum Gasteiger partial charge on any atom is -0.355 e. The van der Waals surface area contributed by atoms with Crippen LogP contribution in [-0.2, 0) is 9.59 Å². The van der Waals surface area contributed by atoms with E-state index in [2.05, 4.69) is 5.32 Å². The van der Waals surface area contributed by atoms with Crippen LogP contribution < -0.4 is 5.32 Å². The molecule has 6 heteroatoms. The van der Waals surface area contributed by atoms with Gasteiger partial charge in [0.1, 0.15) is 0 Å². The number of carbonyl (C=O) groups is 2. The lowest BCUT2D eigenvalue weighted by atomic mass is 9.96. The van der Waals surface area contributed by atoms with Gasteiger partial charge in [-0.05, 0) is 0 Å². The number of carbonyl (C=O) groups excluding carboxylic acids is 2. The molecule has 1 amide bonds. The molecule has 0 aromatic heterocycles. The maximum absolute atomic E-state index is 11.7. The van der Waals surface area contributed by atoms with Crippen LogP contribution in [0.15, 0.2) is 0 Å². The second-order valence-corrected chi connectivity index (χ2v) is 4.18. The summed E-state index contributed by atoms with van der Waals surface area (Å²) in [5.41, 5.74) is -0.665. The smallest absolute Gasteiger partial charge is 0.355 e. The Kier molecular flexibility index (Phi) is 4.30. The standard InChI is InChI=1S/C9H14F3NO2/c1-8(2,3)7(15)13-5-4-6(14)9(10,11)12/h4-5H2,1-3H3,(H,13,15). The van der Waals surface area contributed by atoms with E-state index in [-0.39, 0.29) is 12.5 Å². The van der Waals surface area contributed by atoms with Crippen molar-refractivity contribution in [3.63, 3.8) is 0 Å². The zero-order valence-electron chi connectivity index (χ0n) is 8.86. The van der Waals surface area contributed by atoms with Crippen molar-refractivity contribution in [2.45, 2.75) is 33.4 Å². The van der Waals surface area contributed by atoms with Gasteiger partial charge in [0.2, 0.25) is 11.7 Å². The van der Waals surface area contributed by atoms with Gasteiger partial charge in [-0.25, -0.2) is 0 Å². The molecule has 0 rings (SSSR count). The van der Waals surface area contributed by atoms with Crippen molar-refractivity contribution in [1.82, 2.24) is 5.32 Å². The van der Waals surface area contributed by atoms with E-state index in [0.29, 0.717) is 0 Å². The Labute approximate surface area is 86.0 Å². The van der Waals surface area contributed by atoms with E-state index in [0.717, 1.165) is 0 Å². The summed E-state index contributed by atoms with van der Waals surface area (Å²) in [6.07, 6.45) is -5.53. The van der Waals surface area contributed by atoms with Gasteiger partial charge in [-0.1, -0.05) is 20.8 Å². The molecule has 0 fully saturated rings. The van der Waals surface area contributed by atoms with Crippen molar-refractivity contribution in [1.29, 1.82) is 0 Å². The molecule has 1 N–H and O–H groups in total. The van der Waals surface area contributed by atoms with Crippen LogP contribution in [0.5, 0.6) is 0 Å². The zero-order valence-corrected chi connectivity index (χ0v) is 8.86. The van der Waals surface area contributed by atoms with Crippen LogP contribution in [-0.4, -0.2) is 24.4 Å². The van der Waals surface area contributed by atoms with Gasteiger partial charge in [-0.15, -0.1) is 0 Å². The second kappa shape index (κ2) is 4.63. The maximum Gasteiger partial charge on any atom is 0.450 e. The summed E-state index contributed by atoms with van der Waals surface area (Å²) in [6, 6.07) is 0. The Morgan fingerprint density at radius 1 is 1.13 bits per heavy atom. The van der Waals surface area contributed by atoms with Gasteiger partial charge in [0.25, 0.3) is 0 Å². The van der Waals surface area contributed by atoms with Gasteiger partial charge in [-0.2, -0.15) is 13.2 Å². The number of hydrogen-bond donors (Lipinski definition) is 1. The highest BCUT2D eigenvalue weighted by Crippen LogP contribution is 2.17. The van der Waals surface area contributed by atoms with E-state index in [4.69, 9.17) is 0 Å². The number of ketones is 1. The zero-order chi connectivity index (χ0) is 12.3. The van der Waals surface area contributed by atoms with Gasteiger partial charge in [0.15, 0.2) is 0 Å². The number of halogens is 3. The number of hydrogen-bond acceptors (Lipinski definition) is 2. The van der Waals surface area contributed by atoms with Gasteiger partial charge >= 0.3 is 6.18 Å². The van der Waals surface area contributed by atoms with Gasteiger partial charge in [-0.3, -0.25) is 9.59 Å². The van der Waals surface area contributed by atoms with Crippen LogP contribution in [0, 0.1) is 5.41 Å². The van der Waals surface area contributed by atoms with Gasteiger partial charge in [0, 0.05) is 18.4 Å². The quantitative estimate of drug-likeness (QED) is 0.794. The lowest BCUT2D eigenvalue weighted by molar-refractivity contribution is -0.170. The first-order chi connectivity index (χ1) is 6.55. The highest BCUT2D eigenvalue weighted by atomic mass is 19.4. The van der Waals surface area contributed by atoms with E-state index in [1.807, 2.05) is 0 Å². The van der Waals surface area contributed by atoms with Crippen molar-refractivity contribution < 1.29 is 22.8 Å². The second-order valence-electron chi connectivity index (χ2n) is 4.18. The molecule has 0 spiro atoms. The number of nitrogens with one attached hydrogen (secondary N) is 1. The van der Waals surface area contributed by atoms with E-state index in [9.17, 15) is 22.8 Å². The molecular formula is C9H14F3NO2. The average Bonchev–Trinajstić information content (AvgIpc) is 2.00. The molecule has 0 radical (unpaired) electrons. The highest BCUT2D eigenvalue weighted by Gasteiger charge is 2.37. The SMILES string of the molecule is CC(C)(C)C(=O)NCCC(=O)C(F)(F)F. The molecule has 0 heterocycles. The summed E-state index contributed by atoms with van der Waals surface area (Å²) in [5.74, 6) is -2.20. The van der Waals surface area contributed by atoms with Crippen LogP contribution in [0.2, 0.25) is 0 Å². The molecule has 0 bridgehead atoms. The molecule has 0 atom stereocenters. The Hall–Kier alpha value is -1.07. The van der Waals surface area contributed by atoms with E-state index in [1.165, 1.54) is 0 Å². The molecule has 0 aliphatic carbocycles. The van der Waals surface area contributed by atoms with E-state index < -0.39 is 23.8 Å². The van der Waals surface area contributed by atoms with Crippen LogP contribution in [0.25, 0.3) is 0 Å². The van der Waals surface area contributed by atoms with Crippen molar-refractivity contribution in [2.24, 2.45) is 5.41 Å². The summed E-state index contributed by atoms with van der Waals surface area (Å²) >= 11 is 0. The fourth-order valence-corrected chi connectivity index (χ4v) is 0.696. The van der Waals surface area contributed by atoms with Crippen molar-refractivity contribution in [3.8, 4) is 0 Å². The Morgan fingerprint density at radius 3 is 1.93 bits per heavy atom. The minimum absolute atomic E-state index is 0.283. The molecule has 88 valence electrons. The molecule has 0 saturated carbocycles. The van der Waals surface area contributed by atoms with Gasteiger partial charge < -0.3 is 5.32 Å². The van der Waals surface area contributed by atoms with Gasteiger partial charge in [0.05, 0.1) is 0 Å². The molecule has 3 nitrogen and oxygen atoms in total. The minimum atomic E-state index is -4.81. The monoisotopic (exact) mass is 225 g/mol. The van der Waals surface area contributed by atoms with Crippen molar-refractivity contribution in [2.75, 3.05) is 6.54 Å². The number of amides is 1. The topological polar surface area (TPSA) is 46.2 Å². The van der Waals surface area contributed by atoms with Crippen molar-refractivity contribution >= 4 is 11.7 Å². The number of Topliss-reactive ketones (excluding diaryl/α,β-unsaturated/α-hetero) is 1. The van der Waals surface area contributed by atoms with Crippen molar-refractivity contribution in [3.05, 3.63) is 0 Å². The largest absolute Gasteiger partial charge is 0.450 e. The molecule has 15 heavy (non-hydrogen) atoms. The third-order valence-electron chi connectivity index (χ3n) is 1.63. The number of rotatable bonds is 3.